The first kappa shape index (κ1) is 20.8. The molecule has 0 aromatic heterocycles. The number of nitrogens with zero attached hydrogens (tertiary/aromatic N) is 1. The van der Waals surface area contributed by atoms with E-state index in [1.165, 1.54) is 13.3 Å². The lowest BCUT2D eigenvalue weighted by Crippen LogP contribution is -2.17. The van der Waals surface area contributed by atoms with Crippen molar-refractivity contribution in [2.24, 2.45) is 0 Å². The van der Waals surface area contributed by atoms with E-state index in [0.717, 1.165) is 29.7 Å². The average molecular weight is 379 g/mol. The van der Waals surface area contributed by atoms with Crippen LogP contribution in [0.25, 0.3) is 0 Å². The third-order valence-corrected chi connectivity index (χ3v) is 4.38. The summed E-state index contributed by atoms with van der Waals surface area (Å²) in [7, 11) is 3.11. The van der Waals surface area contributed by atoms with Gasteiger partial charge in [-0.05, 0) is 36.1 Å². The molecule has 0 saturated carbocycles. The van der Waals surface area contributed by atoms with E-state index in [1.54, 1.807) is 25.3 Å². The Balaban J connectivity index is 2.24. The lowest BCUT2D eigenvalue weighted by Gasteiger charge is -2.14. The third-order valence-electron chi connectivity index (χ3n) is 4.38. The van der Waals surface area contributed by atoms with Crippen molar-refractivity contribution in [2.75, 3.05) is 24.9 Å². The summed E-state index contributed by atoms with van der Waals surface area (Å²) >= 11 is 0. The van der Waals surface area contributed by atoms with Crippen LogP contribution in [0.1, 0.15) is 25.0 Å². The maximum atomic E-state index is 12.7. The average Bonchev–Trinajstić information content (AvgIpc) is 2.74. The Bertz CT molecular complexity index is 891. The van der Waals surface area contributed by atoms with Crippen molar-refractivity contribution in [2.45, 2.75) is 26.7 Å². The molecule has 1 amide bonds. The molecule has 0 aliphatic heterocycles. The zero-order valence-electron chi connectivity index (χ0n) is 16.6. The molecule has 6 nitrogen and oxygen atoms in total. The Morgan fingerprint density at radius 1 is 1.11 bits per heavy atom. The molecule has 2 rings (SSSR count). The number of para-hydroxylation sites is 1. The zero-order valence-corrected chi connectivity index (χ0v) is 16.6. The molecule has 0 saturated heterocycles. The third kappa shape index (κ3) is 4.83. The topological polar surface area (TPSA) is 83.4 Å². The van der Waals surface area contributed by atoms with Crippen LogP contribution in [0.4, 0.5) is 11.4 Å². The smallest absolute Gasteiger partial charge is 0.267 e. The van der Waals surface area contributed by atoms with E-state index in [1.807, 2.05) is 38.1 Å². The normalized spacial score (nSPS) is 10.8. The van der Waals surface area contributed by atoms with Gasteiger partial charge in [0.25, 0.3) is 5.91 Å². The lowest BCUT2D eigenvalue weighted by atomic mass is 10.0. The van der Waals surface area contributed by atoms with E-state index < -0.39 is 5.91 Å². The molecule has 0 bridgehead atoms. The van der Waals surface area contributed by atoms with Crippen LogP contribution in [-0.2, 0) is 17.6 Å². The summed E-state index contributed by atoms with van der Waals surface area (Å²) in [6, 6.07) is 13.1. The summed E-state index contributed by atoms with van der Waals surface area (Å²) < 4.78 is 10.5. The van der Waals surface area contributed by atoms with Gasteiger partial charge in [-0.15, -0.1) is 0 Å². The summed E-state index contributed by atoms with van der Waals surface area (Å²) in [4.78, 5) is 12.7. The second kappa shape index (κ2) is 10.0. The van der Waals surface area contributed by atoms with Crippen molar-refractivity contribution in [3.8, 4) is 17.6 Å². The first-order valence-corrected chi connectivity index (χ1v) is 9.08. The zero-order chi connectivity index (χ0) is 20.5. The molecule has 2 aromatic rings. The van der Waals surface area contributed by atoms with Gasteiger partial charge in [0, 0.05) is 18.0 Å². The Hall–Kier alpha value is -3.46. The number of anilines is 2. The quantitative estimate of drug-likeness (QED) is 0.528. The molecule has 0 fully saturated rings. The van der Waals surface area contributed by atoms with Crippen molar-refractivity contribution in [1.29, 1.82) is 5.26 Å². The van der Waals surface area contributed by atoms with Crippen LogP contribution >= 0.6 is 0 Å². The van der Waals surface area contributed by atoms with Crippen LogP contribution in [-0.4, -0.2) is 20.1 Å². The molecule has 0 unspecified atom stereocenters. The molecular formula is C22H25N3O3. The molecule has 0 aliphatic rings. The maximum absolute atomic E-state index is 12.7. The van der Waals surface area contributed by atoms with Gasteiger partial charge < -0.3 is 20.1 Å². The van der Waals surface area contributed by atoms with Gasteiger partial charge in [-0.1, -0.05) is 32.0 Å². The standard InChI is InChI=1S/C22H25N3O3/c1-5-15-8-7-9-16(6-2)21(15)25-22(26)17(13-23)14-24-19-11-10-18(27-3)12-20(19)28-4/h7-12,14,24H,5-6H2,1-4H3,(H,25,26)/b17-14-. The molecule has 146 valence electrons. The number of benzene rings is 2. The van der Waals surface area contributed by atoms with Crippen LogP contribution in [0.5, 0.6) is 11.5 Å². The highest BCUT2D eigenvalue weighted by molar-refractivity contribution is 6.07. The number of nitriles is 1. The summed E-state index contributed by atoms with van der Waals surface area (Å²) in [5.41, 5.74) is 3.43. The van der Waals surface area contributed by atoms with Gasteiger partial charge in [-0.25, -0.2) is 0 Å². The fraction of sp³-hybridized carbons (Fsp3) is 0.273. The molecule has 0 atom stereocenters. The SMILES string of the molecule is CCc1cccc(CC)c1NC(=O)/C(C#N)=C\Nc1ccc(OC)cc1OC. The van der Waals surface area contributed by atoms with Crippen LogP contribution in [0.15, 0.2) is 48.2 Å². The number of rotatable bonds is 8. The van der Waals surface area contributed by atoms with Crippen LogP contribution in [0.3, 0.4) is 0 Å². The van der Waals surface area contributed by atoms with Crippen molar-refractivity contribution in [1.82, 2.24) is 0 Å². The summed E-state index contributed by atoms with van der Waals surface area (Å²) in [5, 5.41) is 15.3. The maximum Gasteiger partial charge on any atom is 0.267 e. The van der Waals surface area contributed by atoms with Gasteiger partial charge in [0.1, 0.15) is 23.1 Å². The Kier molecular flexibility index (Phi) is 7.46. The minimum Gasteiger partial charge on any atom is -0.497 e. The Morgan fingerprint density at radius 3 is 2.32 bits per heavy atom. The Labute approximate surface area is 165 Å². The molecule has 2 N–H and O–H groups in total. The van der Waals surface area contributed by atoms with Gasteiger partial charge in [0.2, 0.25) is 0 Å². The van der Waals surface area contributed by atoms with Gasteiger partial charge in [-0.3, -0.25) is 4.79 Å². The second-order valence-electron chi connectivity index (χ2n) is 5.99. The largest absolute Gasteiger partial charge is 0.497 e. The van der Waals surface area contributed by atoms with Crippen LogP contribution in [0.2, 0.25) is 0 Å². The van der Waals surface area contributed by atoms with Crippen molar-refractivity contribution in [3.05, 3.63) is 59.3 Å². The second-order valence-corrected chi connectivity index (χ2v) is 5.99. The van der Waals surface area contributed by atoms with E-state index >= 15 is 0 Å². The number of methoxy groups -OCH3 is 2. The minimum absolute atomic E-state index is 0.0363. The first-order valence-electron chi connectivity index (χ1n) is 9.08. The fourth-order valence-electron chi connectivity index (χ4n) is 2.80. The summed E-state index contributed by atoms with van der Waals surface area (Å²) in [6.07, 6.45) is 2.95. The summed E-state index contributed by atoms with van der Waals surface area (Å²) in [5.74, 6) is 0.726. The molecule has 0 heterocycles. The lowest BCUT2D eigenvalue weighted by molar-refractivity contribution is -0.112. The predicted molar refractivity (Wildman–Crippen MR) is 111 cm³/mol. The molecule has 6 heteroatoms. The van der Waals surface area contributed by atoms with Gasteiger partial charge in [-0.2, -0.15) is 5.26 Å². The molecular weight excluding hydrogens is 354 g/mol. The predicted octanol–water partition coefficient (Wildman–Crippen LogP) is 4.29. The van der Waals surface area contributed by atoms with Gasteiger partial charge in [0.15, 0.2) is 0 Å². The van der Waals surface area contributed by atoms with Gasteiger partial charge in [0.05, 0.1) is 19.9 Å². The first-order chi connectivity index (χ1) is 13.6. The number of hydrogen-bond donors (Lipinski definition) is 2. The van der Waals surface area contributed by atoms with Crippen molar-refractivity contribution >= 4 is 17.3 Å². The molecule has 0 spiro atoms. The van der Waals surface area contributed by atoms with Crippen molar-refractivity contribution < 1.29 is 14.3 Å². The summed E-state index contributed by atoms with van der Waals surface area (Å²) in [6.45, 7) is 4.06. The highest BCUT2D eigenvalue weighted by Gasteiger charge is 2.14. The van der Waals surface area contributed by atoms with E-state index in [0.29, 0.717) is 17.2 Å². The molecule has 2 aromatic carbocycles. The minimum atomic E-state index is -0.460. The van der Waals surface area contributed by atoms with Crippen LogP contribution < -0.4 is 20.1 Å². The highest BCUT2D eigenvalue weighted by Crippen LogP contribution is 2.29. The Morgan fingerprint density at radius 2 is 1.79 bits per heavy atom. The fourth-order valence-corrected chi connectivity index (χ4v) is 2.80. The van der Waals surface area contributed by atoms with Crippen LogP contribution in [0, 0.1) is 11.3 Å². The van der Waals surface area contributed by atoms with Crippen molar-refractivity contribution in [3.63, 3.8) is 0 Å². The number of aryl methyl sites for hydroxylation is 2. The molecule has 0 radical (unpaired) electrons. The molecule has 28 heavy (non-hydrogen) atoms. The highest BCUT2D eigenvalue weighted by atomic mass is 16.5. The number of carbonyl (C=O) groups is 1. The number of amides is 1. The number of carbonyl (C=O) groups excluding carboxylic acids is 1. The number of hydrogen-bond acceptors (Lipinski definition) is 5. The van der Waals surface area contributed by atoms with E-state index in [4.69, 9.17) is 9.47 Å². The number of nitrogens with one attached hydrogen (secondary N) is 2. The monoisotopic (exact) mass is 379 g/mol. The van der Waals surface area contributed by atoms with E-state index in [9.17, 15) is 10.1 Å². The van der Waals surface area contributed by atoms with Gasteiger partial charge >= 0.3 is 0 Å². The number of ether oxygens (including phenoxy) is 2. The van der Waals surface area contributed by atoms with E-state index in [2.05, 4.69) is 10.6 Å². The molecule has 0 aliphatic carbocycles. The van der Waals surface area contributed by atoms with E-state index in [-0.39, 0.29) is 5.57 Å².